The van der Waals surface area contributed by atoms with E-state index in [4.69, 9.17) is 5.11 Å². The molecule has 1 rings (SSSR count). The van der Waals surface area contributed by atoms with E-state index in [9.17, 15) is 14.9 Å². The number of carbonyl (C=O) groups excluding carboxylic acids is 1. The average Bonchev–Trinajstić information content (AvgIpc) is 2.37. The van der Waals surface area contributed by atoms with E-state index in [0.29, 0.717) is 16.9 Å². The van der Waals surface area contributed by atoms with Crippen LogP contribution in [0.3, 0.4) is 0 Å². The lowest BCUT2D eigenvalue weighted by molar-refractivity contribution is -0.387. The van der Waals surface area contributed by atoms with Crippen molar-refractivity contribution in [2.45, 2.75) is 23.5 Å². The van der Waals surface area contributed by atoms with Crippen molar-refractivity contribution in [1.82, 2.24) is 4.90 Å². The van der Waals surface area contributed by atoms with E-state index in [0.717, 1.165) is 0 Å². The van der Waals surface area contributed by atoms with Gasteiger partial charge in [0, 0.05) is 37.6 Å². The fourth-order valence-corrected chi connectivity index (χ4v) is 2.72. The number of rotatable bonds is 6. The number of benzene rings is 1. The van der Waals surface area contributed by atoms with Gasteiger partial charge in [-0.05, 0) is 18.6 Å². The van der Waals surface area contributed by atoms with E-state index in [2.05, 4.69) is 0 Å². The summed E-state index contributed by atoms with van der Waals surface area (Å²) in [5.74, 6) is -0.198. The summed E-state index contributed by atoms with van der Waals surface area (Å²) in [6.07, 6.45) is 0.535. The Balaban J connectivity index is 3.12. The van der Waals surface area contributed by atoms with Gasteiger partial charge in [0.15, 0.2) is 0 Å². The number of nitro benzene ring substituents is 1. The summed E-state index contributed by atoms with van der Waals surface area (Å²) < 4.78 is 0. The maximum atomic E-state index is 11.9. The van der Waals surface area contributed by atoms with Gasteiger partial charge in [-0.3, -0.25) is 14.9 Å². The molecule has 1 amide bonds. The molecule has 1 aromatic rings. The third kappa shape index (κ3) is 4.21. The Bertz CT molecular complexity index is 505. The van der Waals surface area contributed by atoms with Gasteiger partial charge in [-0.25, -0.2) is 0 Å². The number of nitro groups is 1. The van der Waals surface area contributed by atoms with Crippen molar-refractivity contribution >= 4 is 23.4 Å². The maximum absolute atomic E-state index is 11.9. The number of hydrogen-bond donors (Lipinski definition) is 1. The van der Waals surface area contributed by atoms with E-state index in [1.165, 1.54) is 28.8 Å². The van der Waals surface area contributed by atoms with Gasteiger partial charge < -0.3 is 10.0 Å². The molecule has 0 aromatic heterocycles. The van der Waals surface area contributed by atoms with Crippen LogP contribution in [0.1, 0.15) is 23.7 Å². The van der Waals surface area contributed by atoms with Crippen LogP contribution in [-0.4, -0.2) is 46.8 Å². The molecule has 0 radical (unpaired) electrons. The molecule has 6 nitrogen and oxygen atoms in total. The Morgan fingerprint density at radius 3 is 2.65 bits per heavy atom. The van der Waals surface area contributed by atoms with Crippen molar-refractivity contribution < 1.29 is 14.8 Å². The highest BCUT2D eigenvalue weighted by Crippen LogP contribution is 2.34. The van der Waals surface area contributed by atoms with E-state index in [1.807, 2.05) is 6.92 Å². The summed E-state index contributed by atoms with van der Waals surface area (Å²) in [7, 11) is 3.26. The summed E-state index contributed by atoms with van der Waals surface area (Å²) in [5, 5.41) is 20.0. The Hall–Kier alpha value is -1.60. The molecule has 1 atom stereocenters. The number of nitrogens with zero attached hydrogens (tertiary/aromatic N) is 2. The predicted octanol–water partition coefficient (Wildman–Crippen LogP) is 2.16. The topological polar surface area (TPSA) is 83.7 Å². The number of amides is 1. The van der Waals surface area contributed by atoms with E-state index in [1.54, 1.807) is 20.2 Å². The van der Waals surface area contributed by atoms with Crippen LogP contribution in [0, 0.1) is 10.1 Å². The molecular formula is C13H18N2O4S. The van der Waals surface area contributed by atoms with Crippen molar-refractivity contribution in [3.63, 3.8) is 0 Å². The van der Waals surface area contributed by atoms with Crippen LogP contribution < -0.4 is 0 Å². The van der Waals surface area contributed by atoms with Gasteiger partial charge in [-0.2, -0.15) is 0 Å². The lowest BCUT2D eigenvalue weighted by Gasteiger charge is -2.13. The van der Waals surface area contributed by atoms with Crippen molar-refractivity contribution in [2.24, 2.45) is 0 Å². The fourth-order valence-electron chi connectivity index (χ4n) is 1.61. The normalized spacial score (nSPS) is 12.0. The maximum Gasteiger partial charge on any atom is 0.282 e. The molecule has 1 N–H and O–H groups in total. The molecule has 0 fully saturated rings. The molecule has 0 aliphatic heterocycles. The first-order valence-electron chi connectivity index (χ1n) is 6.14. The minimum Gasteiger partial charge on any atom is -0.396 e. The molecule has 0 heterocycles. The van der Waals surface area contributed by atoms with Gasteiger partial charge in [0.05, 0.1) is 9.82 Å². The molecule has 0 saturated heterocycles. The lowest BCUT2D eigenvalue weighted by atomic mass is 10.2. The highest BCUT2D eigenvalue weighted by atomic mass is 32.2. The molecule has 0 saturated carbocycles. The zero-order chi connectivity index (χ0) is 15.3. The molecule has 1 unspecified atom stereocenters. The van der Waals surface area contributed by atoms with Crippen LogP contribution in [0.2, 0.25) is 0 Å². The molecule has 1 aromatic carbocycles. The molecule has 0 aliphatic carbocycles. The second-order valence-electron chi connectivity index (χ2n) is 4.58. The summed E-state index contributed by atoms with van der Waals surface area (Å²) in [6, 6.07) is 4.35. The summed E-state index contributed by atoms with van der Waals surface area (Å²) in [4.78, 5) is 24.3. The second-order valence-corrected chi connectivity index (χ2v) is 6.06. The molecule has 0 bridgehead atoms. The highest BCUT2D eigenvalue weighted by molar-refractivity contribution is 8.00. The third-order valence-corrected chi connectivity index (χ3v) is 3.89. The average molecular weight is 298 g/mol. The van der Waals surface area contributed by atoms with Crippen LogP contribution in [0.25, 0.3) is 0 Å². The zero-order valence-corrected chi connectivity index (χ0v) is 12.5. The SMILES string of the molecule is CC(CCO)Sc1cc(C(=O)N(C)C)ccc1[N+](=O)[O-]. The van der Waals surface area contributed by atoms with Gasteiger partial charge in [0.1, 0.15) is 0 Å². The minimum absolute atomic E-state index is 0.0184. The van der Waals surface area contributed by atoms with Gasteiger partial charge in [-0.1, -0.05) is 6.92 Å². The molecule has 20 heavy (non-hydrogen) atoms. The number of aliphatic hydroxyl groups is 1. The van der Waals surface area contributed by atoms with Crippen LogP contribution in [0.5, 0.6) is 0 Å². The van der Waals surface area contributed by atoms with E-state index in [-0.39, 0.29) is 23.5 Å². The van der Waals surface area contributed by atoms with Gasteiger partial charge in [0.25, 0.3) is 11.6 Å². The number of thioether (sulfide) groups is 1. The Kier molecular flexibility index (Phi) is 5.97. The molecule has 7 heteroatoms. The summed E-state index contributed by atoms with van der Waals surface area (Å²) >= 11 is 1.29. The predicted molar refractivity (Wildman–Crippen MR) is 78.1 cm³/mol. The van der Waals surface area contributed by atoms with Gasteiger partial charge in [0.2, 0.25) is 0 Å². The smallest absolute Gasteiger partial charge is 0.282 e. The Morgan fingerprint density at radius 2 is 2.15 bits per heavy atom. The second kappa shape index (κ2) is 7.25. The zero-order valence-electron chi connectivity index (χ0n) is 11.7. The van der Waals surface area contributed by atoms with Gasteiger partial charge in [-0.15, -0.1) is 11.8 Å². The molecule has 0 aliphatic rings. The highest BCUT2D eigenvalue weighted by Gasteiger charge is 2.19. The van der Waals surface area contributed by atoms with E-state index >= 15 is 0 Å². The largest absolute Gasteiger partial charge is 0.396 e. The summed E-state index contributed by atoms with van der Waals surface area (Å²) in [5.41, 5.74) is 0.398. The number of aliphatic hydroxyl groups excluding tert-OH is 1. The van der Waals surface area contributed by atoms with Crippen LogP contribution in [0.15, 0.2) is 23.1 Å². The number of hydrogen-bond acceptors (Lipinski definition) is 5. The lowest BCUT2D eigenvalue weighted by Crippen LogP contribution is -2.21. The standard InChI is InChI=1S/C13H18N2O4S/c1-9(6-7-16)20-12-8-10(13(17)14(2)3)4-5-11(12)15(18)19/h4-5,8-9,16H,6-7H2,1-3H3. The van der Waals surface area contributed by atoms with Crippen molar-refractivity contribution in [2.75, 3.05) is 20.7 Å². The van der Waals surface area contributed by atoms with E-state index < -0.39 is 4.92 Å². The first kappa shape index (κ1) is 16.5. The Labute approximate surface area is 121 Å². The van der Waals surface area contributed by atoms with Crippen LogP contribution in [0.4, 0.5) is 5.69 Å². The van der Waals surface area contributed by atoms with Gasteiger partial charge >= 0.3 is 0 Å². The third-order valence-electron chi connectivity index (χ3n) is 2.67. The van der Waals surface area contributed by atoms with Crippen LogP contribution in [-0.2, 0) is 0 Å². The molecule has 110 valence electrons. The Morgan fingerprint density at radius 1 is 1.50 bits per heavy atom. The quantitative estimate of drug-likeness (QED) is 0.494. The minimum atomic E-state index is -0.460. The van der Waals surface area contributed by atoms with Crippen molar-refractivity contribution in [3.8, 4) is 0 Å². The first-order chi connectivity index (χ1) is 9.36. The molecular weight excluding hydrogens is 280 g/mol. The van der Waals surface area contributed by atoms with Crippen LogP contribution >= 0.6 is 11.8 Å². The van der Waals surface area contributed by atoms with Crippen molar-refractivity contribution in [1.29, 1.82) is 0 Å². The first-order valence-corrected chi connectivity index (χ1v) is 7.02. The number of carbonyl (C=O) groups is 1. The van der Waals surface area contributed by atoms with Crippen molar-refractivity contribution in [3.05, 3.63) is 33.9 Å². The monoisotopic (exact) mass is 298 g/mol. The molecule has 0 spiro atoms. The fraction of sp³-hybridized carbons (Fsp3) is 0.462. The summed E-state index contributed by atoms with van der Waals surface area (Å²) in [6.45, 7) is 1.91.